The van der Waals surface area contributed by atoms with Crippen molar-refractivity contribution in [3.8, 4) is 0 Å². The molecule has 0 saturated carbocycles. The zero-order valence-electron chi connectivity index (χ0n) is 7.76. The zero-order chi connectivity index (χ0) is 9.38. The highest BCUT2D eigenvalue weighted by atomic mass is 16.5. The van der Waals surface area contributed by atoms with Crippen molar-refractivity contribution in [3.63, 3.8) is 0 Å². The van der Waals surface area contributed by atoms with Gasteiger partial charge in [0.1, 0.15) is 18.2 Å². The molecule has 1 aliphatic heterocycles. The highest BCUT2D eigenvalue weighted by Crippen LogP contribution is 2.26. The number of nitrogens with zero attached hydrogens (tertiary/aromatic N) is 3. The van der Waals surface area contributed by atoms with Crippen molar-refractivity contribution in [2.45, 2.75) is 19.1 Å². The Balaban J connectivity index is 2.11. The van der Waals surface area contributed by atoms with Gasteiger partial charge in [-0.25, -0.2) is 9.97 Å². The minimum absolute atomic E-state index is 0.169. The topological polar surface area (TPSA) is 39.9 Å². The van der Waals surface area contributed by atoms with Gasteiger partial charge in [0, 0.05) is 24.4 Å². The molecule has 72 valence electrons. The fourth-order valence-corrected chi connectivity index (χ4v) is 1.91. The number of fused-ring (bicyclic) bond motifs is 1. The fourth-order valence-electron chi connectivity index (χ4n) is 1.91. The minimum atomic E-state index is 0.169. The number of aromatic nitrogens is 3. The molecule has 4 nitrogen and oxygen atoms in total. The molecule has 2 aromatic rings. The Morgan fingerprint density at radius 1 is 1.50 bits per heavy atom. The molecule has 2 aromatic heterocycles. The van der Waals surface area contributed by atoms with Crippen LogP contribution in [0.15, 0.2) is 24.8 Å². The monoisotopic (exact) mass is 189 g/mol. The molecule has 0 amide bonds. The first-order valence-electron chi connectivity index (χ1n) is 4.83. The second-order valence-corrected chi connectivity index (χ2v) is 3.49. The predicted molar refractivity (Wildman–Crippen MR) is 51.8 cm³/mol. The molecule has 3 rings (SSSR count). The molecular formula is C10H11N3O. The quantitative estimate of drug-likeness (QED) is 0.686. The standard InChI is InChI=1S/C10H11N3O/c1-2-9(14-5-1)13-4-3-8-6-11-7-12-10(8)13/h3-4,6-7,9H,1-2,5H2. The average Bonchev–Trinajstić information content (AvgIpc) is 2.85. The summed E-state index contributed by atoms with van der Waals surface area (Å²) in [6.07, 6.45) is 7.81. The van der Waals surface area contributed by atoms with Crippen molar-refractivity contribution in [1.82, 2.24) is 14.5 Å². The largest absolute Gasteiger partial charge is 0.358 e. The van der Waals surface area contributed by atoms with E-state index in [1.54, 1.807) is 6.33 Å². The van der Waals surface area contributed by atoms with Crippen LogP contribution in [0.1, 0.15) is 19.1 Å². The van der Waals surface area contributed by atoms with Crippen LogP contribution in [0.5, 0.6) is 0 Å². The maximum absolute atomic E-state index is 5.61. The Morgan fingerprint density at radius 3 is 3.36 bits per heavy atom. The van der Waals surface area contributed by atoms with Crippen LogP contribution >= 0.6 is 0 Å². The molecule has 0 aliphatic carbocycles. The Labute approximate surface area is 81.5 Å². The first kappa shape index (κ1) is 7.94. The highest BCUT2D eigenvalue weighted by molar-refractivity contribution is 5.74. The van der Waals surface area contributed by atoms with Gasteiger partial charge in [0.15, 0.2) is 0 Å². The summed E-state index contributed by atoms with van der Waals surface area (Å²) in [4.78, 5) is 8.25. The Kier molecular flexibility index (Phi) is 1.73. The van der Waals surface area contributed by atoms with E-state index in [9.17, 15) is 0 Å². The van der Waals surface area contributed by atoms with Gasteiger partial charge in [0.2, 0.25) is 0 Å². The normalized spacial score (nSPS) is 21.9. The second kappa shape index (κ2) is 3.06. The summed E-state index contributed by atoms with van der Waals surface area (Å²) in [5, 5.41) is 1.07. The van der Waals surface area contributed by atoms with Crippen LogP contribution in [0.2, 0.25) is 0 Å². The van der Waals surface area contributed by atoms with Gasteiger partial charge in [-0.2, -0.15) is 0 Å². The van der Waals surface area contributed by atoms with E-state index in [4.69, 9.17) is 4.74 Å². The van der Waals surface area contributed by atoms with Crippen LogP contribution in [0.4, 0.5) is 0 Å². The number of hydrogen-bond donors (Lipinski definition) is 0. The first-order valence-corrected chi connectivity index (χ1v) is 4.83. The predicted octanol–water partition coefficient (Wildman–Crippen LogP) is 1.74. The second-order valence-electron chi connectivity index (χ2n) is 3.49. The number of rotatable bonds is 1. The van der Waals surface area contributed by atoms with Crippen molar-refractivity contribution in [2.75, 3.05) is 6.61 Å². The molecule has 1 saturated heterocycles. The van der Waals surface area contributed by atoms with E-state index in [0.717, 1.165) is 30.5 Å². The van der Waals surface area contributed by atoms with E-state index < -0.39 is 0 Å². The molecule has 0 radical (unpaired) electrons. The maximum atomic E-state index is 5.61. The van der Waals surface area contributed by atoms with E-state index in [1.165, 1.54) is 0 Å². The fraction of sp³-hybridized carbons (Fsp3) is 0.400. The van der Waals surface area contributed by atoms with Crippen LogP contribution in [0.25, 0.3) is 11.0 Å². The van der Waals surface area contributed by atoms with Gasteiger partial charge in [-0.3, -0.25) is 0 Å². The van der Waals surface area contributed by atoms with Crippen LogP contribution in [0.3, 0.4) is 0 Å². The molecule has 1 unspecified atom stereocenters. The SMILES string of the molecule is c1ncc2ccn(C3CCCO3)c2n1. The molecule has 0 N–H and O–H groups in total. The minimum Gasteiger partial charge on any atom is -0.358 e. The third-order valence-corrected chi connectivity index (χ3v) is 2.59. The van der Waals surface area contributed by atoms with Crippen LogP contribution < -0.4 is 0 Å². The van der Waals surface area contributed by atoms with Crippen molar-refractivity contribution in [2.24, 2.45) is 0 Å². The molecule has 0 bridgehead atoms. The number of ether oxygens (including phenoxy) is 1. The lowest BCUT2D eigenvalue weighted by Gasteiger charge is -2.11. The summed E-state index contributed by atoms with van der Waals surface area (Å²) in [5.74, 6) is 0. The van der Waals surface area contributed by atoms with Gasteiger partial charge >= 0.3 is 0 Å². The maximum Gasteiger partial charge on any atom is 0.145 e. The van der Waals surface area contributed by atoms with Crippen LogP contribution in [-0.4, -0.2) is 21.1 Å². The Bertz CT molecular complexity index is 445. The summed E-state index contributed by atoms with van der Waals surface area (Å²) in [6, 6.07) is 2.02. The summed E-state index contributed by atoms with van der Waals surface area (Å²) in [6.45, 7) is 0.857. The van der Waals surface area contributed by atoms with Crippen LogP contribution in [0, 0.1) is 0 Å². The molecule has 1 aliphatic rings. The van der Waals surface area contributed by atoms with Gasteiger partial charge in [0.05, 0.1) is 0 Å². The van der Waals surface area contributed by atoms with Gasteiger partial charge in [0.25, 0.3) is 0 Å². The molecule has 1 fully saturated rings. The van der Waals surface area contributed by atoms with Crippen molar-refractivity contribution in [3.05, 3.63) is 24.8 Å². The van der Waals surface area contributed by atoms with Gasteiger partial charge in [-0.1, -0.05) is 0 Å². The Morgan fingerprint density at radius 2 is 2.50 bits per heavy atom. The molecule has 1 atom stereocenters. The van der Waals surface area contributed by atoms with Crippen molar-refractivity contribution < 1.29 is 4.74 Å². The summed E-state index contributed by atoms with van der Waals surface area (Å²) in [7, 11) is 0. The molecule has 14 heavy (non-hydrogen) atoms. The first-order chi connectivity index (χ1) is 6.95. The molecule has 0 aromatic carbocycles. The lowest BCUT2D eigenvalue weighted by Crippen LogP contribution is -2.06. The average molecular weight is 189 g/mol. The van der Waals surface area contributed by atoms with E-state index in [0.29, 0.717) is 0 Å². The summed E-state index contributed by atoms with van der Waals surface area (Å²) >= 11 is 0. The molecule has 3 heterocycles. The van der Waals surface area contributed by atoms with E-state index >= 15 is 0 Å². The number of hydrogen-bond acceptors (Lipinski definition) is 3. The summed E-state index contributed by atoms with van der Waals surface area (Å²) < 4.78 is 7.70. The van der Waals surface area contributed by atoms with Gasteiger partial charge < -0.3 is 9.30 Å². The third-order valence-electron chi connectivity index (χ3n) is 2.59. The van der Waals surface area contributed by atoms with E-state index in [2.05, 4.69) is 14.5 Å². The lowest BCUT2D eigenvalue weighted by molar-refractivity contribution is 0.0597. The third kappa shape index (κ3) is 1.11. The highest BCUT2D eigenvalue weighted by Gasteiger charge is 2.18. The molecular weight excluding hydrogens is 178 g/mol. The van der Waals surface area contributed by atoms with Crippen molar-refractivity contribution in [1.29, 1.82) is 0 Å². The van der Waals surface area contributed by atoms with E-state index in [1.807, 2.05) is 18.5 Å². The van der Waals surface area contributed by atoms with E-state index in [-0.39, 0.29) is 6.23 Å². The lowest BCUT2D eigenvalue weighted by atomic mass is 10.3. The van der Waals surface area contributed by atoms with Crippen molar-refractivity contribution >= 4 is 11.0 Å². The molecule has 4 heteroatoms. The summed E-state index contributed by atoms with van der Waals surface area (Å²) in [5.41, 5.74) is 0.965. The van der Waals surface area contributed by atoms with Gasteiger partial charge in [-0.15, -0.1) is 0 Å². The van der Waals surface area contributed by atoms with Gasteiger partial charge in [-0.05, 0) is 18.9 Å². The Hall–Kier alpha value is -1.42. The van der Waals surface area contributed by atoms with Crippen LogP contribution in [-0.2, 0) is 4.74 Å². The smallest absolute Gasteiger partial charge is 0.145 e. The molecule has 0 spiro atoms. The zero-order valence-corrected chi connectivity index (χ0v) is 7.76.